The van der Waals surface area contributed by atoms with Crippen LogP contribution in [0.3, 0.4) is 0 Å². The van der Waals surface area contributed by atoms with Gasteiger partial charge < -0.3 is 15.5 Å². The largest absolute Gasteiger partial charge is 0.467 e. The van der Waals surface area contributed by atoms with Crippen molar-refractivity contribution in [2.24, 2.45) is 11.7 Å². The van der Waals surface area contributed by atoms with Gasteiger partial charge >= 0.3 is 0 Å². The molecule has 0 aliphatic rings. The number of hydrogen-bond acceptors (Lipinski definition) is 3. The molecular weight excluding hydrogens is 264 g/mol. The number of furan rings is 1. The summed E-state index contributed by atoms with van der Waals surface area (Å²) in [6.07, 6.45) is 2.47. The number of hydrogen-bond donors (Lipinski definition) is 2. The zero-order valence-corrected chi connectivity index (χ0v) is 12.5. The number of carbonyl (C=O) groups is 1. The van der Waals surface area contributed by atoms with E-state index in [9.17, 15) is 4.79 Å². The fourth-order valence-corrected chi connectivity index (χ4v) is 2.17. The molecule has 3 atom stereocenters. The van der Waals surface area contributed by atoms with Crippen LogP contribution in [0.15, 0.2) is 53.1 Å². The highest BCUT2D eigenvalue weighted by molar-refractivity contribution is 5.82. The van der Waals surface area contributed by atoms with Crippen molar-refractivity contribution in [2.45, 2.75) is 32.4 Å². The van der Waals surface area contributed by atoms with Gasteiger partial charge in [0.1, 0.15) is 11.8 Å². The van der Waals surface area contributed by atoms with Crippen LogP contribution in [0.4, 0.5) is 0 Å². The monoisotopic (exact) mass is 286 g/mol. The van der Waals surface area contributed by atoms with E-state index in [1.165, 1.54) is 0 Å². The average molecular weight is 286 g/mol. The lowest BCUT2D eigenvalue weighted by Gasteiger charge is -2.22. The van der Waals surface area contributed by atoms with E-state index >= 15 is 0 Å². The molecule has 3 N–H and O–H groups in total. The molecule has 1 unspecified atom stereocenters. The Labute approximate surface area is 125 Å². The molecule has 0 saturated carbocycles. The van der Waals surface area contributed by atoms with E-state index in [0.717, 1.165) is 12.0 Å². The lowest BCUT2D eigenvalue weighted by atomic mass is 9.98. The molecule has 0 aliphatic heterocycles. The van der Waals surface area contributed by atoms with Gasteiger partial charge in [-0.05, 0) is 23.6 Å². The molecular formula is C17H22N2O2. The second-order valence-electron chi connectivity index (χ2n) is 5.28. The van der Waals surface area contributed by atoms with Crippen LogP contribution in [-0.2, 0) is 4.79 Å². The normalized spacial score (nSPS) is 15.2. The number of nitrogens with one attached hydrogen (secondary N) is 1. The number of nitrogens with two attached hydrogens (primary N) is 1. The third-order valence-electron chi connectivity index (χ3n) is 3.81. The molecule has 4 heteroatoms. The molecule has 1 heterocycles. The number of benzene rings is 1. The minimum absolute atomic E-state index is 0.137. The van der Waals surface area contributed by atoms with Crippen LogP contribution < -0.4 is 11.1 Å². The highest BCUT2D eigenvalue weighted by Gasteiger charge is 2.25. The zero-order valence-electron chi connectivity index (χ0n) is 12.5. The van der Waals surface area contributed by atoms with E-state index in [4.69, 9.17) is 10.2 Å². The number of amides is 1. The van der Waals surface area contributed by atoms with Gasteiger partial charge in [0.05, 0.1) is 12.3 Å². The van der Waals surface area contributed by atoms with Gasteiger partial charge in [-0.25, -0.2) is 0 Å². The van der Waals surface area contributed by atoms with Gasteiger partial charge in [0.2, 0.25) is 5.91 Å². The van der Waals surface area contributed by atoms with Crippen molar-refractivity contribution >= 4 is 5.91 Å². The van der Waals surface area contributed by atoms with Gasteiger partial charge in [-0.2, -0.15) is 0 Å². The summed E-state index contributed by atoms with van der Waals surface area (Å²) in [7, 11) is 0. The third kappa shape index (κ3) is 3.73. The van der Waals surface area contributed by atoms with Gasteiger partial charge in [0, 0.05) is 0 Å². The number of carbonyl (C=O) groups excluding carboxylic acids is 1. The molecule has 0 bridgehead atoms. The highest BCUT2D eigenvalue weighted by Crippen LogP contribution is 2.22. The summed E-state index contributed by atoms with van der Waals surface area (Å²) in [5.74, 6) is 0.679. The Morgan fingerprint density at radius 1 is 1.24 bits per heavy atom. The van der Waals surface area contributed by atoms with Crippen molar-refractivity contribution in [2.75, 3.05) is 0 Å². The summed E-state index contributed by atoms with van der Waals surface area (Å²) < 4.78 is 5.46. The van der Waals surface area contributed by atoms with E-state index < -0.39 is 6.04 Å². The van der Waals surface area contributed by atoms with Crippen LogP contribution in [0.25, 0.3) is 0 Å². The topological polar surface area (TPSA) is 68.3 Å². The van der Waals surface area contributed by atoms with Gasteiger partial charge in [-0.3, -0.25) is 4.79 Å². The molecule has 0 saturated heterocycles. The van der Waals surface area contributed by atoms with Crippen LogP contribution in [0.5, 0.6) is 0 Å². The third-order valence-corrected chi connectivity index (χ3v) is 3.81. The van der Waals surface area contributed by atoms with Crippen molar-refractivity contribution in [3.63, 3.8) is 0 Å². The zero-order chi connectivity index (χ0) is 15.2. The smallest absolute Gasteiger partial charge is 0.238 e. The van der Waals surface area contributed by atoms with Gasteiger partial charge in [-0.15, -0.1) is 0 Å². The van der Waals surface area contributed by atoms with Crippen LogP contribution in [0.1, 0.15) is 37.6 Å². The molecule has 0 radical (unpaired) electrons. The Hall–Kier alpha value is -2.07. The maximum atomic E-state index is 12.3. The fraction of sp³-hybridized carbons (Fsp3) is 0.353. The summed E-state index contributed by atoms with van der Waals surface area (Å²) in [4.78, 5) is 12.3. The second kappa shape index (κ2) is 7.09. The lowest BCUT2D eigenvalue weighted by molar-refractivity contribution is -0.124. The summed E-state index contributed by atoms with van der Waals surface area (Å²) in [6.45, 7) is 4.01. The first-order valence-electron chi connectivity index (χ1n) is 7.27. The first kappa shape index (κ1) is 15.3. The summed E-state index contributed by atoms with van der Waals surface area (Å²) in [5, 5.41) is 2.99. The predicted molar refractivity (Wildman–Crippen MR) is 82.6 cm³/mol. The Morgan fingerprint density at radius 2 is 1.95 bits per heavy atom. The standard InChI is InChI=1S/C17H22N2O2/c1-3-12(2)15(18)17(20)19-16(14-10-7-11-21-14)13-8-5-4-6-9-13/h4-12,15-16H,3,18H2,1-2H3,(H,19,20)/t12-,15-,16?/m0/s1. The van der Waals surface area contributed by atoms with Gasteiger partial charge in [0.25, 0.3) is 0 Å². The second-order valence-corrected chi connectivity index (χ2v) is 5.28. The lowest BCUT2D eigenvalue weighted by Crippen LogP contribution is -2.46. The minimum Gasteiger partial charge on any atom is -0.467 e. The average Bonchev–Trinajstić information content (AvgIpc) is 3.05. The predicted octanol–water partition coefficient (Wildman–Crippen LogP) is 2.86. The molecule has 0 fully saturated rings. The molecule has 0 aliphatic carbocycles. The molecule has 2 rings (SSSR count). The summed E-state index contributed by atoms with van der Waals surface area (Å²) >= 11 is 0. The Bertz CT molecular complexity index is 551. The molecule has 2 aromatic rings. The molecule has 112 valence electrons. The Balaban J connectivity index is 2.20. The maximum Gasteiger partial charge on any atom is 0.238 e. The SMILES string of the molecule is CC[C@H](C)[C@H](N)C(=O)NC(c1ccccc1)c1ccco1. The maximum absolute atomic E-state index is 12.3. The van der Waals surface area contributed by atoms with Gasteiger partial charge in [-0.1, -0.05) is 50.6 Å². The minimum atomic E-state index is -0.517. The Morgan fingerprint density at radius 3 is 2.52 bits per heavy atom. The van der Waals surface area contributed by atoms with E-state index in [0.29, 0.717) is 5.76 Å². The van der Waals surface area contributed by atoms with Crippen LogP contribution in [0.2, 0.25) is 0 Å². The van der Waals surface area contributed by atoms with Crippen molar-refractivity contribution in [3.8, 4) is 0 Å². The van der Waals surface area contributed by atoms with E-state index in [2.05, 4.69) is 5.32 Å². The summed E-state index contributed by atoms with van der Waals surface area (Å²) in [6, 6.07) is 12.6. The van der Waals surface area contributed by atoms with Crippen molar-refractivity contribution in [3.05, 3.63) is 60.1 Å². The van der Waals surface area contributed by atoms with Crippen molar-refractivity contribution < 1.29 is 9.21 Å². The molecule has 1 amide bonds. The molecule has 21 heavy (non-hydrogen) atoms. The van der Waals surface area contributed by atoms with Crippen LogP contribution >= 0.6 is 0 Å². The first-order valence-corrected chi connectivity index (χ1v) is 7.27. The van der Waals surface area contributed by atoms with Crippen LogP contribution in [-0.4, -0.2) is 11.9 Å². The molecule has 1 aromatic carbocycles. The van der Waals surface area contributed by atoms with E-state index in [1.54, 1.807) is 6.26 Å². The molecule has 4 nitrogen and oxygen atoms in total. The van der Waals surface area contributed by atoms with Crippen molar-refractivity contribution in [1.82, 2.24) is 5.32 Å². The Kier molecular flexibility index (Phi) is 5.17. The summed E-state index contributed by atoms with van der Waals surface area (Å²) in [5.41, 5.74) is 6.98. The van der Waals surface area contributed by atoms with E-state index in [-0.39, 0.29) is 17.9 Å². The van der Waals surface area contributed by atoms with Gasteiger partial charge in [0.15, 0.2) is 0 Å². The van der Waals surface area contributed by atoms with E-state index in [1.807, 2.05) is 56.3 Å². The van der Waals surface area contributed by atoms with Crippen molar-refractivity contribution in [1.29, 1.82) is 0 Å². The number of rotatable bonds is 6. The highest BCUT2D eigenvalue weighted by atomic mass is 16.3. The molecule has 1 aromatic heterocycles. The quantitative estimate of drug-likeness (QED) is 0.858. The first-order chi connectivity index (χ1) is 10.1. The molecule has 0 spiro atoms. The fourth-order valence-electron chi connectivity index (χ4n) is 2.17. The van der Waals surface area contributed by atoms with Crippen LogP contribution in [0, 0.1) is 5.92 Å².